The molecule has 3 nitrogen and oxygen atoms in total. The van der Waals surface area contributed by atoms with Crippen LogP contribution in [0.2, 0.25) is 0 Å². The van der Waals surface area contributed by atoms with Gasteiger partial charge < -0.3 is 10.1 Å². The molecule has 0 aliphatic carbocycles. The van der Waals surface area contributed by atoms with Crippen LogP contribution in [0.3, 0.4) is 0 Å². The third kappa shape index (κ3) is 3.97. The van der Waals surface area contributed by atoms with Crippen molar-refractivity contribution in [2.24, 2.45) is 0 Å². The zero-order valence-corrected chi connectivity index (χ0v) is 13.1. The normalized spacial score (nSPS) is 23.8. The minimum absolute atomic E-state index is 0.639. The van der Waals surface area contributed by atoms with Crippen LogP contribution in [0.15, 0.2) is 24.3 Å². The van der Waals surface area contributed by atoms with E-state index in [1.807, 2.05) is 6.92 Å². The first kappa shape index (κ1) is 15.3. The molecule has 2 rings (SSSR count). The lowest BCUT2D eigenvalue weighted by molar-refractivity contribution is 0.117. The van der Waals surface area contributed by atoms with Crippen molar-refractivity contribution in [3.8, 4) is 5.75 Å². The number of nitrogens with one attached hydrogen (secondary N) is 1. The molecule has 112 valence electrons. The van der Waals surface area contributed by atoms with E-state index >= 15 is 0 Å². The topological polar surface area (TPSA) is 24.5 Å². The van der Waals surface area contributed by atoms with Crippen LogP contribution < -0.4 is 10.1 Å². The largest absolute Gasteiger partial charge is 0.494 e. The standard InChI is InChI=1S/C17H28N2O/c1-4-15-13-19(16(5-2)11-18-15)12-14-7-9-17(10-8-14)20-6-3/h7-10,15-16,18H,4-6,11-13H2,1-3H3. The highest BCUT2D eigenvalue weighted by molar-refractivity contribution is 5.27. The monoisotopic (exact) mass is 276 g/mol. The number of rotatable bonds is 6. The molecule has 1 fully saturated rings. The number of hydrogen-bond acceptors (Lipinski definition) is 3. The number of nitrogens with zero attached hydrogens (tertiary/aromatic N) is 1. The van der Waals surface area contributed by atoms with Crippen molar-refractivity contribution >= 4 is 0 Å². The Labute approximate surface area is 123 Å². The van der Waals surface area contributed by atoms with Crippen LogP contribution >= 0.6 is 0 Å². The summed E-state index contributed by atoms with van der Waals surface area (Å²) in [6, 6.07) is 9.85. The molecule has 1 aromatic rings. The molecular formula is C17H28N2O. The summed E-state index contributed by atoms with van der Waals surface area (Å²) in [5.74, 6) is 0.968. The molecule has 2 atom stereocenters. The van der Waals surface area contributed by atoms with E-state index in [0.717, 1.165) is 32.0 Å². The van der Waals surface area contributed by atoms with E-state index in [1.54, 1.807) is 0 Å². The Kier molecular flexibility index (Phi) is 5.86. The summed E-state index contributed by atoms with van der Waals surface area (Å²) >= 11 is 0. The highest BCUT2D eigenvalue weighted by atomic mass is 16.5. The molecule has 1 heterocycles. The maximum absolute atomic E-state index is 5.50. The highest BCUT2D eigenvalue weighted by Gasteiger charge is 2.25. The van der Waals surface area contributed by atoms with Crippen molar-refractivity contribution in [1.82, 2.24) is 10.2 Å². The van der Waals surface area contributed by atoms with Gasteiger partial charge in [-0.05, 0) is 37.5 Å². The molecule has 0 amide bonds. The smallest absolute Gasteiger partial charge is 0.119 e. The van der Waals surface area contributed by atoms with Crippen LogP contribution in [0.4, 0.5) is 0 Å². The van der Waals surface area contributed by atoms with Gasteiger partial charge in [0.25, 0.3) is 0 Å². The van der Waals surface area contributed by atoms with Gasteiger partial charge in [0, 0.05) is 31.7 Å². The van der Waals surface area contributed by atoms with E-state index in [-0.39, 0.29) is 0 Å². The molecule has 1 saturated heterocycles. The molecule has 3 heteroatoms. The summed E-state index contributed by atoms with van der Waals surface area (Å²) in [7, 11) is 0. The second kappa shape index (κ2) is 7.65. The Morgan fingerprint density at radius 1 is 1.15 bits per heavy atom. The third-order valence-electron chi connectivity index (χ3n) is 4.20. The van der Waals surface area contributed by atoms with Crippen molar-refractivity contribution in [3.63, 3.8) is 0 Å². The Morgan fingerprint density at radius 2 is 1.90 bits per heavy atom. The van der Waals surface area contributed by atoms with Crippen LogP contribution in [0.25, 0.3) is 0 Å². The SMILES string of the molecule is CCOc1ccc(CN2CC(CC)NCC2CC)cc1. The summed E-state index contributed by atoms with van der Waals surface area (Å²) < 4.78 is 5.50. The Hall–Kier alpha value is -1.06. The minimum Gasteiger partial charge on any atom is -0.494 e. The molecule has 0 radical (unpaired) electrons. The van der Waals surface area contributed by atoms with E-state index in [4.69, 9.17) is 4.74 Å². The van der Waals surface area contributed by atoms with Gasteiger partial charge >= 0.3 is 0 Å². The van der Waals surface area contributed by atoms with E-state index in [9.17, 15) is 0 Å². The van der Waals surface area contributed by atoms with Gasteiger partial charge in [-0.1, -0.05) is 26.0 Å². The maximum Gasteiger partial charge on any atom is 0.119 e. The van der Waals surface area contributed by atoms with Crippen LogP contribution in [0, 0.1) is 0 Å². The van der Waals surface area contributed by atoms with Gasteiger partial charge in [0.05, 0.1) is 6.61 Å². The predicted octanol–water partition coefficient (Wildman–Crippen LogP) is 3.05. The number of ether oxygens (including phenoxy) is 1. The minimum atomic E-state index is 0.639. The molecule has 0 spiro atoms. The van der Waals surface area contributed by atoms with Crippen LogP contribution in [0.5, 0.6) is 5.75 Å². The molecule has 1 aliphatic rings. The van der Waals surface area contributed by atoms with Gasteiger partial charge in [0.2, 0.25) is 0 Å². The number of hydrogen-bond donors (Lipinski definition) is 1. The second-order valence-corrected chi connectivity index (χ2v) is 5.58. The Morgan fingerprint density at radius 3 is 2.50 bits per heavy atom. The van der Waals surface area contributed by atoms with Gasteiger partial charge in [0.15, 0.2) is 0 Å². The number of benzene rings is 1. The summed E-state index contributed by atoms with van der Waals surface area (Å²) in [5.41, 5.74) is 1.38. The third-order valence-corrected chi connectivity index (χ3v) is 4.20. The van der Waals surface area contributed by atoms with Gasteiger partial charge in [-0.15, -0.1) is 0 Å². The molecule has 0 saturated carbocycles. The lowest BCUT2D eigenvalue weighted by Crippen LogP contribution is -2.55. The van der Waals surface area contributed by atoms with Crippen molar-refractivity contribution in [1.29, 1.82) is 0 Å². The molecule has 0 bridgehead atoms. The lowest BCUT2D eigenvalue weighted by Gasteiger charge is -2.40. The maximum atomic E-state index is 5.50. The van der Waals surface area contributed by atoms with Crippen molar-refractivity contribution in [2.45, 2.75) is 52.2 Å². The molecule has 2 unspecified atom stereocenters. The first-order valence-corrected chi connectivity index (χ1v) is 7.95. The summed E-state index contributed by atoms with van der Waals surface area (Å²) in [6.45, 7) is 10.6. The molecule has 20 heavy (non-hydrogen) atoms. The van der Waals surface area contributed by atoms with Crippen molar-refractivity contribution < 1.29 is 4.74 Å². The fourth-order valence-electron chi connectivity index (χ4n) is 2.89. The van der Waals surface area contributed by atoms with Gasteiger partial charge in [-0.25, -0.2) is 0 Å². The fraction of sp³-hybridized carbons (Fsp3) is 0.647. The summed E-state index contributed by atoms with van der Waals surface area (Å²) in [4.78, 5) is 2.63. The van der Waals surface area contributed by atoms with Gasteiger partial charge in [0.1, 0.15) is 5.75 Å². The van der Waals surface area contributed by atoms with E-state index < -0.39 is 0 Å². The zero-order chi connectivity index (χ0) is 14.4. The second-order valence-electron chi connectivity index (χ2n) is 5.58. The zero-order valence-electron chi connectivity index (χ0n) is 13.1. The Balaban J connectivity index is 1.98. The highest BCUT2D eigenvalue weighted by Crippen LogP contribution is 2.18. The molecule has 1 N–H and O–H groups in total. The van der Waals surface area contributed by atoms with Crippen LogP contribution in [0.1, 0.15) is 39.2 Å². The first-order chi connectivity index (χ1) is 9.76. The summed E-state index contributed by atoms with van der Waals surface area (Å²) in [6.07, 6.45) is 2.41. The molecule has 1 aliphatic heterocycles. The quantitative estimate of drug-likeness (QED) is 0.864. The van der Waals surface area contributed by atoms with Crippen LogP contribution in [-0.4, -0.2) is 36.7 Å². The van der Waals surface area contributed by atoms with Crippen molar-refractivity contribution in [2.75, 3.05) is 19.7 Å². The Bertz CT molecular complexity index is 390. The first-order valence-electron chi connectivity index (χ1n) is 7.95. The van der Waals surface area contributed by atoms with E-state index in [1.165, 1.54) is 18.4 Å². The van der Waals surface area contributed by atoms with Gasteiger partial charge in [-0.3, -0.25) is 4.90 Å². The van der Waals surface area contributed by atoms with Crippen LogP contribution in [-0.2, 0) is 6.54 Å². The average Bonchev–Trinajstić information content (AvgIpc) is 2.49. The molecule has 0 aromatic heterocycles. The molecular weight excluding hydrogens is 248 g/mol. The number of piperazine rings is 1. The van der Waals surface area contributed by atoms with Crippen molar-refractivity contribution in [3.05, 3.63) is 29.8 Å². The molecule has 1 aromatic carbocycles. The summed E-state index contributed by atoms with van der Waals surface area (Å²) in [5, 5.41) is 3.65. The van der Waals surface area contributed by atoms with Gasteiger partial charge in [-0.2, -0.15) is 0 Å². The predicted molar refractivity (Wildman–Crippen MR) is 84.2 cm³/mol. The van der Waals surface area contributed by atoms with E-state index in [0.29, 0.717) is 12.1 Å². The average molecular weight is 276 g/mol. The lowest BCUT2D eigenvalue weighted by atomic mass is 10.0. The van der Waals surface area contributed by atoms with E-state index in [2.05, 4.69) is 48.3 Å². The fourth-order valence-corrected chi connectivity index (χ4v) is 2.89.